The van der Waals surface area contributed by atoms with Crippen LogP contribution in [0.25, 0.3) is 0 Å². The number of carbonyl (C=O) groups is 2. The van der Waals surface area contributed by atoms with Gasteiger partial charge in [0.1, 0.15) is 5.82 Å². The van der Waals surface area contributed by atoms with Crippen molar-refractivity contribution in [1.82, 2.24) is 10.2 Å². The van der Waals surface area contributed by atoms with Gasteiger partial charge in [0, 0.05) is 31.6 Å². The summed E-state index contributed by atoms with van der Waals surface area (Å²) in [5.74, 6) is -0.684. The predicted molar refractivity (Wildman–Crippen MR) is 70.7 cm³/mol. The Morgan fingerprint density at radius 3 is 2.50 bits per heavy atom. The summed E-state index contributed by atoms with van der Waals surface area (Å²) in [7, 11) is 0. The molecule has 2 amide bonds. The molecule has 1 fully saturated rings. The van der Waals surface area contributed by atoms with Crippen LogP contribution in [0.1, 0.15) is 16.8 Å². The highest BCUT2D eigenvalue weighted by molar-refractivity contribution is 5.94. The molecule has 0 bridgehead atoms. The lowest BCUT2D eigenvalue weighted by Gasteiger charge is -2.26. The third-order valence-electron chi connectivity index (χ3n) is 3.09. The van der Waals surface area contributed by atoms with Crippen LogP contribution in [0.2, 0.25) is 0 Å². The van der Waals surface area contributed by atoms with Gasteiger partial charge in [-0.1, -0.05) is 0 Å². The van der Waals surface area contributed by atoms with Crippen LogP contribution in [0.15, 0.2) is 24.3 Å². The highest BCUT2D eigenvalue weighted by Gasteiger charge is 2.16. The lowest BCUT2D eigenvalue weighted by atomic mass is 10.2. The number of rotatable bonds is 4. The molecule has 1 aromatic rings. The van der Waals surface area contributed by atoms with Gasteiger partial charge in [0.25, 0.3) is 5.91 Å². The summed E-state index contributed by atoms with van der Waals surface area (Å²) >= 11 is 0. The largest absolute Gasteiger partial charge is 0.378 e. The van der Waals surface area contributed by atoms with Gasteiger partial charge < -0.3 is 15.0 Å². The Labute approximate surface area is 116 Å². The molecule has 1 aromatic carbocycles. The number of benzene rings is 1. The third-order valence-corrected chi connectivity index (χ3v) is 3.09. The minimum absolute atomic E-state index is 0.00714. The van der Waals surface area contributed by atoms with E-state index in [0.29, 0.717) is 31.9 Å². The molecule has 0 saturated carbocycles. The van der Waals surface area contributed by atoms with Crippen molar-refractivity contribution in [2.45, 2.75) is 6.42 Å². The Hall–Kier alpha value is -1.95. The number of hydrogen-bond acceptors (Lipinski definition) is 3. The fraction of sp³-hybridized carbons (Fsp3) is 0.429. The maximum Gasteiger partial charge on any atom is 0.251 e. The van der Waals surface area contributed by atoms with Gasteiger partial charge in [-0.15, -0.1) is 0 Å². The number of hydrogen-bond donors (Lipinski definition) is 1. The van der Waals surface area contributed by atoms with Crippen molar-refractivity contribution in [3.8, 4) is 0 Å². The van der Waals surface area contributed by atoms with Crippen LogP contribution in [0.5, 0.6) is 0 Å². The number of morpholine rings is 1. The van der Waals surface area contributed by atoms with Crippen LogP contribution in [0.3, 0.4) is 0 Å². The number of carbonyl (C=O) groups excluding carboxylic acids is 2. The van der Waals surface area contributed by atoms with Crippen molar-refractivity contribution >= 4 is 11.8 Å². The van der Waals surface area contributed by atoms with Crippen molar-refractivity contribution in [1.29, 1.82) is 0 Å². The van der Waals surface area contributed by atoms with Gasteiger partial charge in [-0.05, 0) is 24.3 Å². The highest BCUT2D eigenvalue weighted by Crippen LogP contribution is 2.03. The monoisotopic (exact) mass is 280 g/mol. The number of ether oxygens (including phenoxy) is 1. The Morgan fingerprint density at radius 1 is 1.20 bits per heavy atom. The molecule has 6 heteroatoms. The van der Waals surface area contributed by atoms with E-state index in [1.165, 1.54) is 24.3 Å². The summed E-state index contributed by atoms with van der Waals surface area (Å²) in [5, 5.41) is 2.65. The fourth-order valence-corrected chi connectivity index (χ4v) is 1.96. The van der Waals surface area contributed by atoms with Gasteiger partial charge in [-0.2, -0.15) is 0 Å². The zero-order chi connectivity index (χ0) is 14.4. The molecule has 20 heavy (non-hydrogen) atoms. The summed E-state index contributed by atoms with van der Waals surface area (Å²) in [6, 6.07) is 5.28. The molecule has 0 atom stereocenters. The van der Waals surface area contributed by atoms with Gasteiger partial charge in [0.05, 0.1) is 13.2 Å². The molecule has 1 saturated heterocycles. The molecule has 108 valence electrons. The van der Waals surface area contributed by atoms with Crippen LogP contribution in [-0.2, 0) is 9.53 Å². The third kappa shape index (κ3) is 4.03. The summed E-state index contributed by atoms with van der Waals surface area (Å²) in [4.78, 5) is 25.3. The van der Waals surface area contributed by atoms with Gasteiger partial charge >= 0.3 is 0 Å². The van der Waals surface area contributed by atoms with E-state index in [4.69, 9.17) is 4.74 Å². The molecular formula is C14H17FN2O3. The zero-order valence-corrected chi connectivity index (χ0v) is 11.1. The van der Waals surface area contributed by atoms with Crippen LogP contribution in [0.4, 0.5) is 4.39 Å². The molecule has 5 nitrogen and oxygen atoms in total. The number of halogens is 1. The van der Waals surface area contributed by atoms with Crippen molar-refractivity contribution in [3.05, 3.63) is 35.6 Å². The van der Waals surface area contributed by atoms with Gasteiger partial charge in [-0.25, -0.2) is 4.39 Å². The Balaban J connectivity index is 1.73. The first-order chi connectivity index (χ1) is 9.66. The van der Waals surface area contributed by atoms with Crippen LogP contribution >= 0.6 is 0 Å². The topological polar surface area (TPSA) is 58.6 Å². The number of amides is 2. The lowest BCUT2D eigenvalue weighted by Crippen LogP contribution is -2.42. The van der Waals surface area contributed by atoms with E-state index in [9.17, 15) is 14.0 Å². The van der Waals surface area contributed by atoms with Gasteiger partial charge in [0.2, 0.25) is 5.91 Å². The Kier molecular flexibility index (Phi) is 5.06. The molecular weight excluding hydrogens is 263 g/mol. The first kappa shape index (κ1) is 14.5. The van der Waals surface area contributed by atoms with Crippen molar-refractivity contribution in [2.75, 3.05) is 32.8 Å². The molecule has 0 aromatic heterocycles. The minimum atomic E-state index is -0.385. The maximum atomic E-state index is 12.7. The van der Waals surface area contributed by atoms with Crippen molar-refractivity contribution < 1.29 is 18.7 Å². The number of nitrogens with zero attached hydrogens (tertiary/aromatic N) is 1. The summed E-state index contributed by atoms with van der Waals surface area (Å²) in [5.41, 5.74) is 0.380. The van der Waals surface area contributed by atoms with Crippen LogP contribution in [-0.4, -0.2) is 49.6 Å². The standard InChI is InChI=1S/C14H17FN2O3/c15-12-3-1-11(2-4-12)14(19)16-6-5-13(18)17-7-9-20-10-8-17/h1-4H,5-10H2,(H,16,19). The average Bonchev–Trinajstić information content (AvgIpc) is 2.48. The van der Waals surface area contributed by atoms with E-state index in [-0.39, 0.29) is 30.6 Å². The second-order valence-corrected chi connectivity index (χ2v) is 4.51. The van der Waals surface area contributed by atoms with Crippen molar-refractivity contribution in [3.63, 3.8) is 0 Å². The zero-order valence-electron chi connectivity index (χ0n) is 11.1. The molecule has 1 aliphatic rings. The SMILES string of the molecule is O=C(NCCC(=O)N1CCOCC1)c1ccc(F)cc1. The van der Waals surface area contributed by atoms with Crippen molar-refractivity contribution in [2.24, 2.45) is 0 Å². The summed E-state index contributed by atoms with van der Waals surface area (Å²) < 4.78 is 17.9. The van der Waals surface area contributed by atoms with E-state index in [2.05, 4.69) is 5.32 Å². The molecule has 0 aliphatic carbocycles. The average molecular weight is 280 g/mol. The first-order valence-electron chi connectivity index (χ1n) is 6.56. The van der Waals surface area contributed by atoms with E-state index in [1.807, 2.05) is 0 Å². The normalized spacial score (nSPS) is 14.9. The minimum Gasteiger partial charge on any atom is -0.378 e. The molecule has 0 unspecified atom stereocenters. The summed E-state index contributed by atoms with van der Waals surface area (Å²) in [6.07, 6.45) is 0.257. The molecule has 2 rings (SSSR count). The molecule has 1 aliphatic heterocycles. The van der Waals surface area contributed by atoms with E-state index in [0.717, 1.165) is 0 Å². The van der Waals surface area contributed by atoms with Crippen LogP contribution < -0.4 is 5.32 Å². The van der Waals surface area contributed by atoms with E-state index >= 15 is 0 Å². The molecule has 0 spiro atoms. The quantitative estimate of drug-likeness (QED) is 0.887. The molecule has 1 N–H and O–H groups in total. The molecule has 1 heterocycles. The molecule has 0 radical (unpaired) electrons. The predicted octanol–water partition coefficient (Wildman–Crippen LogP) is 0.804. The Morgan fingerprint density at radius 2 is 1.85 bits per heavy atom. The van der Waals surface area contributed by atoms with Gasteiger partial charge in [0.15, 0.2) is 0 Å². The smallest absolute Gasteiger partial charge is 0.251 e. The fourth-order valence-electron chi connectivity index (χ4n) is 1.96. The maximum absolute atomic E-state index is 12.7. The Bertz CT molecular complexity index is 470. The van der Waals surface area contributed by atoms with Gasteiger partial charge in [-0.3, -0.25) is 9.59 Å². The summed E-state index contributed by atoms with van der Waals surface area (Å²) in [6.45, 7) is 2.60. The van der Waals surface area contributed by atoms with E-state index in [1.54, 1.807) is 4.90 Å². The van der Waals surface area contributed by atoms with E-state index < -0.39 is 0 Å². The second kappa shape index (κ2) is 7.00. The lowest BCUT2D eigenvalue weighted by molar-refractivity contribution is -0.135. The highest BCUT2D eigenvalue weighted by atomic mass is 19.1. The second-order valence-electron chi connectivity index (χ2n) is 4.51. The number of nitrogens with one attached hydrogen (secondary N) is 1. The van der Waals surface area contributed by atoms with Crippen LogP contribution in [0, 0.1) is 5.82 Å². The first-order valence-corrected chi connectivity index (χ1v) is 6.56.